The monoisotopic (exact) mass is 416 g/mol. The molecular formula is C28H36N2O. The summed E-state index contributed by atoms with van der Waals surface area (Å²) >= 11 is 0. The van der Waals surface area contributed by atoms with E-state index in [-0.39, 0.29) is 12.6 Å². The maximum atomic E-state index is 10.5. The van der Waals surface area contributed by atoms with Crippen LogP contribution in [0.3, 0.4) is 0 Å². The van der Waals surface area contributed by atoms with Crippen LogP contribution in [0, 0.1) is 0 Å². The minimum Gasteiger partial charge on any atom is -0.395 e. The first-order valence-corrected chi connectivity index (χ1v) is 11.3. The van der Waals surface area contributed by atoms with Gasteiger partial charge in [-0.25, -0.2) is 0 Å². The van der Waals surface area contributed by atoms with Crippen molar-refractivity contribution in [2.75, 3.05) is 13.2 Å². The van der Waals surface area contributed by atoms with Gasteiger partial charge in [0.2, 0.25) is 0 Å². The van der Waals surface area contributed by atoms with Crippen molar-refractivity contribution in [3.8, 4) is 0 Å². The molecule has 0 radical (unpaired) electrons. The van der Waals surface area contributed by atoms with Crippen molar-refractivity contribution < 1.29 is 5.11 Å². The molecule has 0 heterocycles. The molecule has 3 rings (SSSR count). The fourth-order valence-electron chi connectivity index (χ4n) is 4.54. The molecule has 2 N–H and O–H groups in total. The van der Waals surface area contributed by atoms with Crippen molar-refractivity contribution >= 4 is 0 Å². The zero-order chi connectivity index (χ0) is 22.3. The van der Waals surface area contributed by atoms with Gasteiger partial charge in [0.1, 0.15) is 0 Å². The van der Waals surface area contributed by atoms with Crippen LogP contribution in [0.2, 0.25) is 0 Å². The Hall–Kier alpha value is -2.46. The van der Waals surface area contributed by atoms with Gasteiger partial charge < -0.3 is 5.11 Å². The molecule has 0 aromatic heterocycles. The molecule has 1 atom stereocenters. The predicted octanol–water partition coefficient (Wildman–Crippen LogP) is 5.05. The minimum atomic E-state index is -0.573. The molecule has 0 saturated carbocycles. The smallest absolute Gasteiger partial charge is 0.0951 e. The molecule has 3 nitrogen and oxygen atoms in total. The summed E-state index contributed by atoms with van der Waals surface area (Å²) in [5.41, 5.74) is 2.90. The second-order valence-electron chi connectivity index (χ2n) is 8.76. The molecule has 0 spiro atoms. The van der Waals surface area contributed by atoms with Crippen molar-refractivity contribution in [3.63, 3.8) is 0 Å². The van der Waals surface area contributed by atoms with Crippen molar-refractivity contribution in [2.45, 2.75) is 51.4 Å². The molecule has 0 saturated heterocycles. The number of rotatable bonds is 10. The van der Waals surface area contributed by atoms with Crippen molar-refractivity contribution in [1.29, 1.82) is 0 Å². The van der Waals surface area contributed by atoms with Crippen molar-refractivity contribution in [3.05, 3.63) is 108 Å². The maximum Gasteiger partial charge on any atom is 0.0951 e. The van der Waals surface area contributed by atoms with Crippen LogP contribution in [0.5, 0.6) is 0 Å². The molecule has 3 aromatic carbocycles. The highest BCUT2D eigenvalue weighted by Crippen LogP contribution is 2.37. The summed E-state index contributed by atoms with van der Waals surface area (Å²) in [5.74, 6) is 0. The van der Waals surface area contributed by atoms with E-state index in [1.807, 2.05) is 18.2 Å². The molecule has 0 aliphatic rings. The van der Waals surface area contributed by atoms with Crippen LogP contribution < -0.4 is 5.32 Å². The number of hydrogen-bond donors (Lipinski definition) is 2. The van der Waals surface area contributed by atoms with Crippen molar-refractivity contribution in [1.82, 2.24) is 10.2 Å². The van der Waals surface area contributed by atoms with E-state index in [4.69, 9.17) is 0 Å². The van der Waals surface area contributed by atoms with E-state index in [1.54, 1.807) is 0 Å². The molecule has 0 amide bonds. The van der Waals surface area contributed by atoms with Gasteiger partial charge in [-0.1, -0.05) is 91.0 Å². The Morgan fingerprint density at radius 1 is 0.677 bits per heavy atom. The molecule has 0 fully saturated rings. The highest BCUT2D eigenvalue weighted by molar-refractivity contribution is 5.49. The summed E-state index contributed by atoms with van der Waals surface area (Å²) in [5, 5.41) is 14.4. The summed E-state index contributed by atoms with van der Waals surface area (Å²) in [6, 6.07) is 32.4. The lowest BCUT2D eigenvalue weighted by Crippen LogP contribution is -2.56. The van der Waals surface area contributed by atoms with Gasteiger partial charge >= 0.3 is 0 Å². The third-order valence-electron chi connectivity index (χ3n) is 6.02. The lowest BCUT2D eigenvalue weighted by molar-refractivity contribution is 0.120. The first-order chi connectivity index (χ1) is 15.0. The van der Waals surface area contributed by atoms with Crippen molar-refractivity contribution in [2.24, 2.45) is 0 Å². The molecule has 0 aliphatic heterocycles. The van der Waals surface area contributed by atoms with Gasteiger partial charge in [0.05, 0.1) is 12.1 Å². The van der Waals surface area contributed by atoms with Crippen LogP contribution in [0.1, 0.15) is 44.4 Å². The lowest BCUT2D eigenvalue weighted by Gasteiger charge is -2.42. The Balaban J connectivity index is 2.15. The molecule has 164 valence electrons. The number of aliphatic hydroxyl groups is 1. The van der Waals surface area contributed by atoms with Gasteiger partial charge in [-0.15, -0.1) is 0 Å². The van der Waals surface area contributed by atoms with Gasteiger partial charge in [0.15, 0.2) is 0 Å². The van der Waals surface area contributed by atoms with Gasteiger partial charge in [-0.05, 0) is 44.4 Å². The molecule has 1 unspecified atom stereocenters. The van der Waals surface area contributed by atoms with Gasteiger partial charge in [0.25, 0.3) is 0 Å². The van der Waals surface area contributed by atoms with Gasteiger partial charge in [0, 0.05) is 24.7 Å². The summed E-state index contributed by atoms with van der Waals surface area (Å²) in [6.45, 7) is 9.69. The summed E-state index contributed by atoms with van der Waals surface area (Å²) in [7, 11) is 0. The Morgan fingerprint density at radius 3 is 1.32 bits per heavy atom. The third kappa shape index (κ3) is 5.24. The van der Waals surface area contributed by atoms with Gasteiger partial charge in [-0.2, -0.15) is 0 Å². The highest BCUT2D eigenvalue weighted by atomic mass is 16.3. The topological polar surface area (TPSA) is 35.5 Å². The average Bonchev–Trinajstić information content (AvgIpc) is 2.81. The van der Waals surface area contributed by atoms with Crippen LogP contribution in [-0.4, -0.2) is 41.3 Å². The number of benzene rings is 3. The summed E-state index contributed by atoms with van der Waals surface area (Å²) in [4.78, 5) is 2.43. The number of hydrogen-bond acceptors (Lipinski definition) is 3. The zero-order valence-corrected chi connectivity index (χ0v) is 19.2. The van der Waals surface area contributed by atoms with Gasteiger partial charge in [-0.3, -0.25) is 10.2 Å². The third-order valence-corrected chi connectivity index (χ3v) is 6.02. The number of nitrogens with one attached hydrogen (secondary N) is 1. The van der Waals surface area contributed by atoms with Crippen LogP contribution in [0.4, 0.5) is 0 Å². The molecule has 3 heteroatoms. The standard InChI is InChI=1S/C28H36N2O/c1-22(2)30(23(3)4)20-27(21-31)29-28(24-14-8-5-9-15-24,25-16-10-6-11-17-25)26-18-12-7-13-19-26/h5-19,22-23,27,29,31H,20-21H2,1-4H3. The van der Waals surface area contributed by atoms with Crippen LogP contribution >= 0.6 is 0 Å². The second-order valence-corrected chi connectivity index (χ2v) is 8.76. The average molecular weight is 417 g/mol. The summed E-state index contributed by atoms with van der Waals surface area (Å²) < 4.78 is 0. The van der Waals surface area contributed by atoms with E-state index in [2.05, 4.69) is 111 Å². The zero-order valence-electron chi connectivity index (χ0n) is 19.2. The quantitative estimate of drug-likeness (QED) is 0.454. The molecule has 31 heavy (non-hydrogen) atoms. The lowest BCUT2D eigenvalue weighted by atomic mass is 9.76. The SMILES string of the molecule is CC(C)N(CC(CO)NC(c1ccccc1)(c1ccccc1)c1ccccc1)C(C)C. The summed E-state index contributed by atoms with van der Waals surface area (Å²) in [6.07, 6.45) is 0. The van der Waals surface area contributed by atoms with E-state index in [9.17, 15) is 5.11 Å². The first kappa shape index (κ1) is 23.2. The highest BCUT2D eigenvalue weighted by Gasteiger charge is 2.38. The number of nitrogens with zero attached hydrogens (tertiary/aromatic N) is 1. The van der Waals surface area contributed by atoms with E-state index in [0.29, 0.717) is 12.1 Å². The molecule has 0 aliphatic carbocycles. The van der Waals surface area contributed by atoms with Crippen LogP contribution in [0.25, 0.3) is 0 Å². The van der Waals surface area contributed by atoms with E-state index < -0.39 is 5.54 Å². The Morgan fingerprint density at radius 2 is 1.03 bits per heavy atom. The number of aliphatic hydroxyl groups excluding tert-OH is 1. The fraction of sp³-hybridized carbons (Fsp3) is 0.357. The van der Waals surface area contributed by atoms with Crippen LogP contribution in [0.15, 0.2) is 91.0 Å². The largest absolute Gasteiger partial charge is 0.395 e. The second kappa shape index (κ2) is 10.7. The Bertz CT molecular complexity index is 789. The molecule has 0 bridgehead atoms. The normalized spacial score (nSPS) is 13.2. The Kier molecular flexibility index (Phi) is 8.03. The first-order valence-electron chi connectivity index (χ1n) is 11.3. The van der Waals surface area contributed by atoms with E-state index >= 15 is 0 Å². The van der Waals surface area contributed by atoms with E-state index in [1.165, 1.54) is 0 Å². The predicted molar refractivity (Wildman–Crippen MR) is 130 cm³/mol. The molecule has 3 aromatic rings. The van der Waals surface area contributed by atoms with E-state index in [0.717, 1.165) is 23.2 Å². The fourth-order valence-corrected chi connectivity index (χ4v) is 4.54. The van der Waals surface area contributed by atoms with Crippen LogP contribution in [-0.2, 0) is 5.54 Å². The molecular weight excluding hydrogens is 380 g/mol. The minimum absolute atomic E-state index is 0.0597. The maximum absolute atomic E-state index is 10.5. The Labute approximate surface area is 187 Å².